The third kappa shape index (κ3) is 10.1. The van der Waals surface area contributed by atoms with Gasteiger partial charge in [0.2, 0.25) is 17.7 Å². The van der Waals surface area contributed by atoms with Gasteiger partial charge in [0.15, 0.2) is 0 Å². The number of nitrogens with zero attached hydrogens (tertiary/aromatic N) is 2. The Balaban J connectivity index is 0.00000576. The zero-order valence-corrected chi connectivity index (χ0v) is 28.9. The highest BCUT2D eigenvalue weighted by Crippen LogP contribution is 2.28. The molecule has 1 fully saturated rings. The van der Waals surface area contributed by atoms with Crippen LogP contribution in [0.3, 0.4) is 0 Å². The van der Waals surface area contributed by atoms with Crippen LogP contribution in [0.1, 0.15) is 75.3 Å². The molecule has 9 nitrogen and oxygen atoms in total. The van der Waals surface area contributed by atoms with E-state index in [1.54, 1.807) is 11.3 Å². The first-order valence-corrected chi connectivity index (χ1v) is 16.7. The number of carbonyl (C=O) groups is 3. The lowest BCUT2D eigenvalue weighted by atomic mass is 9.85. The van der Waals surface area contributed by atoms with E-state index in [-0.39, 0.29) is 43.1 Å². The molecule has 3 amide bonds. The van der Waals surface area contributed by atoms with E-state index in [1.807, 2.05) is 69.6 Å². The molecular formula is C35H48ClN5O4S. The van der Waals surface area contributed by atoms with E-state index in [9.17, 15) is 19.5 Å². The van der Waals surface area contributed by atoms with Crippen LogP contribution in [0.2, 0.25) is 0 Å². The summed E-state index contributed by atoms with van der Waals surface area (Å²) in [5, 5.41) is 16.4. The number of aliphatic hydroxyl groups is 1. The lowest BCUT2D eigenvalue weighted by Crippen LogP contribution is -2.57. The second kappa shape index (κ2) is 17.0. The van der Waals surface area contributed by atoms with Crippen molar-refractivity contribution in [1.82, 2.24) is 20.5 Å². The third-order valence-electron chi connectivity index (χ3n) is 8.34. The molecule has 1 saturated heterocycles. The summed E-state index contributed by atoms with van der Waals surface area (Å²) >= 11 is 1.59. The number of unbranched alkanes of at least 4 members (excludes halogenated alkanes) is 2. The number of rotatable bonds is 13. The molecule has 1 aliphatic heterocycles. The van der Waals surface area contributed by atoms with E-state index in [0.29, 0.717) is 19.5 Å². The number of amides is 3. The molecule has 46 heavy (non-hydrogen) atoms. The molecule has 0 spiro atoms. The van der Waals surface area contributed by atoms with Crippen LogP contribution in [0.5, 0.6) is 0 Å². The average Bonchev–Trinajstić information content (AvgIpc) is 3.63. The average molecular weight is 670 g/mol. The Kier molecular flexibility index (Phi) is 13.7. The van der Waals surface area contributed by atoms with Gasteiger partial charge in [-0.25, -0.2) is 4.98 Å². The minimum atomic E-state index is -0.825. The van der Waals surface area contributed by atoms with Crippen molar-refractivity contribution in [2.45, 2.75) is 97.5 Å². The summed E-state index contributed by atoms with van der Waals surface area (Å²) in [5.74, 6) is -0.857. The van der Waals surface area contributed by atoms with Gasteiger partial charge in [-0.3, -0.25) is 14.4 Å². The van der Waals surface area contributed by atoms with Gasteiger partial charge in [-0.15, -0.1) is 23.7 Å². The Morgan fingerprint density at radius 2 is 1.67 bits per heavy atom. The van der Waals surface area contributed by atoms with Gasteiger partial charge in [0, 0.05) is 32.5 Å². The van der Waals surface area contributed by atoms with Gasteiger partial charge in [0.1, 0.15) is 12.1 Å². The van der Waals surface area contributed by atoms with Crippen LogP contribution in [0.4, 0.5) is 0 Å². The lowest BCUT2D eigenvalue weighted by molar-refractivity contribution is -0.144. The highest BCUT2D eigenvalue weighted by atomic mass is 35.5. The van der Waals surface area contributed by atoms with Crippen molar-refractivity contribution in [2.75, 3.05) is 6.54 Å². The molecular weight excluding hydrogens is 622 g/mol. The van der Waals surface area contributed by atoms with Crippen LogP contribution in [0.25, 0.3) is 10.4 Å². The molecule has 0 saturated carbocycles. The molecule has 3 aromatic rings. The summed E-state index contributed by atoms with van der Waals surface area (Å²) in [6.07, 6.45) is 3.18. The largest absolute Gasteiger partial charge is 0.391 e. The first kappa shape index (κ1) is 37.2. The number of benzene rings is 2. The summed E-state index contributed by atoms with van der Waals surface area (Å²) < 4.78 is 0. The molecule has 0 unspecified atom stereocenters. The SMILES string of the molecule is Cc1ncsc1-c1ccc(CNC(=O)[C@@H]2C[C@@H](O)CN2C(=O)[C@@H](NC(=O)CCCCCc2ccc(CN)cc2)C(C)(C)C)cc1.Cl. The number of likely N-dealkylation sites (tertiary alicyclic amines) is 1. The second-order valence-electron chi connectivity index (χ2n) is 13.0. The number of nitrogens with two attached hydrogens (primary N) is 1. The van der Waals surface area contributed by atoms with Crippen LogP contribution >= 0.6 is 23.7 Å². The molecule has 4 rings (SSSR count). The van der Waals surface area contributed by atoms with Crippen LogP contribution < -0.4 is 16.4 Å². The molecule has 11 heteroatoms. The van der Waals surface area contributed by atoms with Gasteiger partial charge in [-0.05, 0) is 53.9 Å². The minimum Gasteiger partial charge on any atom is -0.391 e. The van der Waals surface area contributed by atoms with Crippen molar-refractivity contribution < 1.29 is 19.5 Å². The van der Waals surface area contributed by atoms with Gasteiger partial charge < -0.3 is 26.4 Å². The van der Waals surface area contributed by atoms with Crippen molar-refractivity contribution >= 4 is 41.5 Å². The van der Waals surface area contributed by atoms with Crippen LogP contribution in [-0.4, -0.2) is 57.4 Å². The summed E-state index contributed by atoms with van der Waals surface area (Å²) in [5.41, 5.74) is 12.2. The highest BCUT2D eigenvalue weighted by molar-refractivity contribution is 7.13. The molecule has 3 atom stereocenters. The van der Waals surface area contributed by atoms with Gasteiger partial charge in [-0.2, -0.15) is 0 Å². The van der Waals surface area contributed by atoms with Crippen molar-refractivity contribution in [3.05, 3.63) is 76.4 Å². The van der Waals surface area contributed by atoms with E-state index < -0.39 is 23.6 Å². The van der Waals surface area contributed by atoms with Crippen LogP contribution in [0, 0.1) is 12.3 Å². The number of aromatic nitrogens is 1. The smallest absolute Gasteiger partial charge is 0.246 e. The zero-order valence-electron chi connectivity index (χ0n) is 27.3. The number of thiazole rings is 1. The monoisotopic (exact) mass is 669 g/mol. The maximum Gasteiger partial charge on any atom is 0.246 e. The maximum absolute atomic E-state index is 13.8. The van der Waals surface area contributed by atoms with Crippen molar-refractivity contribution in [3.63, 3.8) is 0 Å². The first-order valence-electron chi connectivity index (χ1n) is 15.8. The van der Waals surface area contributed by atoms with E-state index >= 15 is 0 Å². The topological polar surface area (TPSA) is 138 Å². The van der Waals surface area contributed by atoms with E-state index in [0.717, 1.165) is 52.9 Å². The number of hydrogen-bond donors (Lipinski definition) is 4. The Labute approximate surface area is 282 Å². The molecule has 2 aromatic carbocycles. The molecule has 1 aliphatic rings. The number of nitrogens with one attached hydrogen (secondary N) is 2. The quantitative estimate of drug-likeness (QED) is 0.191. The van der Waals surface area contributed by atoms with Gasteiger partial charge >= 0.3 is 0 Å². The molecule has 0 aliphatic carbocycles. The number of β-amino-alcohol motifs (C(OH)–C–C–N with tert-alkyl or cyclic N) is 1. The zero-order chi connectivity index (χ0) is 32.6. The fraction of sp³-hybridized carbons (Fsp3) is 0.486. The number of hydrogen-bond acceptors (Lipinski definition) is 7. The number of aryl methyl sites for hydroxylation is 2. The maximum atomic E-state index is 13.8. The summed E-state index contributed by atoms with van der Waals surface area (Å²) in [4.78, 5) is 46.9. The van der Waals surface area contributed by atoms with Gasteiger partial charge in [0.25, 0.3) is 0 Å². The lowest BCUT2D eigenvalue weighted by Gasteiger charge is -2.35. The predicted molar refractivity (Wildman–Crippen MR) is 185 cm³/mol. The van der Waals surface area contributed by atoms with Gasteiger partial charge in [-0.1, -0.05) is 75.7 Å². The Morgan fingerprint density at radius 3 is 2.28 bits per heavy atom. The minimum absolute atomic E-state index is 0. The molecule has 0 radical (unpaired) electrons. The van der Waals surface area contributed by atoms with Gasteiger partial charge in [0.05, 0.1) is 22.2 Å². The van der Waals surface area contributed by atoms with Crippen molar-refractivity contribution in [1.29, 1.82) is 0 Å². The third-order valence-corrected chi connectivity index (χ3v) is 9.32. The van der Waals surface area contributed by atoms with E-state index in [4.69, 9.17) is 5.73 Å². The number of halogens is 1. The molecule has 2 heterocycles. The Hall–Kier alpha value is -3.31. The molecule has 250 valence electrons. The van der Waals surface area contributed by atoms with E-state index in [2.05, 4.69) is 27.8 Å². The molecule has 5 N–H and O–H groups in total. The fourth-order valence-corrected chi connectivity index (χ4v) is 6.46. The van der Waals surface area contributed by atoms with Crippen LogP contribution in [0.15, 0.2) is 54.0 Å². The highest BCUT2D eigenvalue weighted by Gasteiger charge is 2.44. The summed E-state index contributed by atoms with van der Waals surface area (Å²) in [7, 11) is 0. The predicted octanol–water partition coefficient (Wildman–Crippen LogP) is 4.91. The normalized spacial score (nSPS) is 16.9. The second-order valence-corrected chi connectivity index (χ2v) is 13.9. The standard InChI is InChI=1S/C35H47N5O4S.ClH/c1-23-31(45-22-38-23)27-16-14-26(15-17-27)20-37-33(43)29-18-28(41)21-40(29)34(44)32(35(2,3)4)39-30(42)9-7-5-6-8-24-10-12-25(19-36)13-11-24;/h10-17,22,28-29,32,41H,5-9,18-21,36H2,1-4H3,(H,37,43)(H,39,42);1H/t28-,29+,32-;/m1./s1. The number of aliphatic hydroxyl groups excluding tert-OH is 1. The molecule has 0 bridgehead atoms. The first-order chi connectivity index (χ1) is 21.5. The van der Waals surface area contributed by atoms with E-state index in [1.165, 1.54) is 10.5 Å². The fourth-order valence-electron chi connectivity index (χ4n) is 5.65. The Morgan fingerprint density at radius 1 is 1.02 bits per heavy atom. The summed E-state index contributed by atoms with van der Waals surface area (Å²) in [6.45, 7) is 8.54. The van der Waals surface area contributed by atoms with Crippen molar-refractivity contribution in [2.24, 2.45) is 11.1 Å². The number of carbonyl (C=O) groups excluding carboxylic acids is 3. The Bertz CT molecular complexity index is 1440. The van der Waals surface area contributed by atoms with Crippen LogP contribution in [-0.2, 0) is 33.9 Å². The summed E-state index contributed by atoms with van der Waals surface area (Å²) in [6, 6.07) is 14.6. The van der Waals surface area contributed by atoms with Crippen molar-refractivity contribution in [3.8, 4) is 10.4 Å². The molecule has 1 aromatic heterocycles.